The van der Waals surface area contributed by atoms with Gasteiger partial charge in [0, 0.05) is 12.0 Å². The minimum absolute atomic E-state index is 0.598. The first-order chi connectivity index (χ1) is 9.40. The van der Waals surface area contributed by atoms with Crippen LogP contribution in [0.25, 0.3) is 0 Å². The first-order valence-electron chi connectivity index (χ1n) is 7.96. The predicted molar refractivity (Wildman–Crippen MR) is 71.7 cm³/mol. The van der Waals surface area contributed by atoms with Crippen molar-refractivity contribution in [2.24, 2.45) is 5.92 Å². The highest BCUT2D eigenvalue weighted by atomic mass is 16.5. The van der Waals surface area contributed by atoms with E-state index in [1.807, 2.05) is 0 Å². The lowest BCUT2D eigenvalue weighted by Crippen LogP contribution is -2.46. The van der Waals surface area contributed by atoms with Crippen LogP contribution in [0.4, 0.5) is 0 Å². The number of rotatable bonds is 3. The summed E-state index contributed by atoms with van der Waals surface area (Å²) in [5.41, 5.74) is 0. The van der Waals surface area contributed by atoms with E-state index in [-0.39, 0.29) is 0 Å². The fraction of sp³-hybridized carbons (Fsp3) is 0.867. The van der Waals surface area contributed by atoms with Crippen LogP contribution in [-0.4, -0.2) is 27.6 Å². The Bertz CT molecular complexity index is 438. The molecule has 1 saturated heterocycles. The molecule has 0 unspecified atom stereocenters. The topological polar surface area (TPSA) is 42.2 Å². The highest BCUT2D eigenvalue weighted by Gasteiger charge is 2.34. The molecule has 0 spiro atoms. The van der Waals surface area contributed by atoms with Crippen molar-refractivity contribution >= 4 is 0 Å². The molecular weight excluding hydrogens is 238 g/mol. The van der Waals surface area contributed by atoms with Crippen molar-refractivity contribution in [3.05, 3.63) is 11.7 Å². The molecule has 4 nitrogen and oxygen atoms in total. The molecule has 0 bridgehead atoms. The Balaban J connectivity index is 1.44. The first-order valence-corrected chi connectivity index (χ1v) is 7.96. The molecule has 0 N–H and O–H groups in total. The van der Waals surface area contributed by atoms with Crippen LogP contribution in [0.1, 0.15) is 69.0 Å². The van der Waals surface area contributed by atoms with E-state index in [0.29, 0.717) is 5.92 Å². The molecule has 4 heteroatoms. The Labute approximate surface area is 114 Å². The second kappa shape index (κ2) is 4.89. The van der Waals surface area contributed by atoms with Crippen molar-refractivity contribution in [3.63, 3.8) is 0 Å². The summed E-state index contributed by atoms with van der Waals surface area (Å²) < 4.78 is 5.45. The molecule has 2 saturated carbocycles. The normalized spacial score (nSPS) is 32.2. The van der Waals surface area contributed by atoms with Gasteiger partial charge in [0.1, 0.15) is 0 Å². The van der Waals surface area contributed by atoms with E-state index in [4.69, 9.17) is 4.52 Å². The average Bonchev–Trinajstić information content (AvgIpc) is 3.20. The highest BCUT2D eigenvalue weighted by molar-refractivity contribution is 5.03. The molecule has 1 aliphatic heterocycles. The maximum Gasteiger partial charge on any atom is 0.240 e. The zero-order valence-electron chi connectivity index (χ0n) is 11.6. The summed E-state index contributed by atoms with van der Waals surface area (Å²) in [6.07, 6.45) is 10.9. The molecule has 0 amide bonds. The molecule has 1 aromatic heterocycles. The standard InChI is InChI=1S/C15H23N3O/c1-2-6-13-11(4-1)5-3-9-18(13)10-14-16-15(17-19-14)12-7-8-12/h11-13H,1-10H2/t11-,13+/m0/s1. The number of hydrogen-bond donors (Lipinski definition) is 0. The minimum Gasteiger partial charge on any atom is -0.338 e. The third-order valence-electron chi connectivity index (χ3n) is 5.12. The van der Waals surface area contributed by atoms with Gasteiger partial charge in [-0.2, -0.15) is 4.98 Å². The third-order valence-corrected chi connectivity index (χ3v) is 5.12. The van der Waals surface area contributed by atoms with Gasteiger partial charge in [-0.25, -0.2) is 0 Å². The van der Waals surface area contributed by atoms with Gasteiger partial charge in [-0.1, -0.05) is 18.0 Å². The second-order valence-corrected chi connectivity index (χ2v) is 6.55. The highest BCUT2D eigenvalue weighted by Crippen LogP contribution is 2.39. The van der Waals surface area contributed by atoms with Crippen molar-refractivity contribution in [2.75, 3.05) is 6.54 Å². The molecule has 19 heavy (non-hydrogen) atoms. The molecule has 2 aliphatic carbocycles. The molecule has 2 heterocycles. The number of aromatic nitrogens is 2. The zero-order valence-corrected chi connectivity index (χ0v) is 11.6. The monoisotopic (exact) mass is 261 g/mol. The fourth-order valence-corrected chi connectivity index (χ4v) is 3.94. The quantitative estimate of drug-likeness (QED) is 0.838. The van der Waals surface area contributed by atoms with Crippen LogP contribution in [-0.2, 0) is 6.54 Å². The van der Waals surface area contributed by atoms with Crippen LogP contribution in [0.2, 0.25) is 0 Å². The maximum atomic E-state index is 5.45. The van der Waals surface area contributed by atoms with E-state index in [2.05, 4.69) is 15.0 Å². The van der Waals surface area contributed by atoms with Crippen molar-refractivity contribution < 1.29 is 4.52 Å². The van der Waals surface area contributed by atoms with Gasteiger partial charge in [0.15, 0.2) is 5.82 Å². The van der Waals surface area contributed by atoms with E-state index in [1.165, 1.54) is 57.9 Å². The van der Waals surface area contributed by atoms with Gasteiger partial charge in [-0.15, -0.1) is 0 Å². The molecular formula is C15H23N3O. The molecule has 1 aromatic rings. The fourth-order valence-electron chi connectivity index (χ4n) is 3.94. The zero-order chi connectivity index (χ0) is 12.7. The Hall–Kier alpha value is -0.900. The van der Waals surface area contributed by atoms with Crippen molar-refractivity contribution in [1.82, 2.24) is 15.0 Å². The van der Waals surface area contributed by atoms with E-state index in [0.717, 1.165) is 30.2 Å². The lowest BCUT2D eigenvalue weighted by Gasteiger charge is -2.43. The summed E-state index contributed by atoms with van der Waals surface area (Å²) in [6, 6.07) is 0.777. The Morgan fingerprint density at radius 1 is 1.05 bits per heavy atom. The van der Waals surface area contributed by atoms with E-state index >= 15 is 0 Å². The number of hydrogen-bond acceptors (Lipinski definition) is 4. The van der Waals surface area contributed by atoms with Crippen LogP contribution in [0.3, 0.4) is 0 Å². The smallest absolute Gasteiger partial charge is 0.240 e. The van der Waals surface area contributed by atoms with Crippen LogP contribution in [0.5, 0.6) is 0 Å². The number of likely N-dealkylation sites (tertiary alicyclic amines) is 1. The van der Waals surface area contributed by atoms with Gasteiger partial charge < -0.3 is 4.52 Å². The summed E-state index contributed by atoms with van der Waals surface area (Å²) in [5.74, 6) is 3.31. The van der Waals surface area contributed by atoms with Crippen LogP contribution in [0, 0.1) is 5.92 Å². The van der Waals surface area contributed by atoms with Gasteiger partial charge in [0.2, 0.25) is 5.89 Å². The Morgan fingerprint density at radius 3 is 2.79 bits per heavy atom. The molecule has 0 aromatic carbocycles. The largest absolute Gasteiger partial charge is 0.338 e. The molecule has 104 valence electrons. The van der Waals surface area contributed by atoms with Crippen molar-refractivity contribution in [1.29, 1.82) is 0 Å². The van der Waals surface area contributed by atoms with Crippen LogP contribution >= 0.6 is 0 Å². The van der Waals surface area contributed by atoms with Gasteiger partial charge in [-0.05, 0) is 51.0 Å². The number of nitrogens with zero attached hydrogens (tertiary/aromatic N) is 3. The summed E-state index contributed by atoms with van der Waals surface area (Å²) in [7, 11) is 0. The van der Waals surface area contributed by atoms with Crippen LogP contribution < -0.4 is 0 Å². The number of fused-ring (bicyclic) bond motifs is 1. The third kappa shape index (κ3) is 2.42. The van der Waals surface area contributed by atoms with E-state index in [9.17, 15) is 0 Å². The van der Waals surface area contributed by atoms with E-state index in [1.54, 1.807) is 0 Å². The average molecular weight is 261 g/mol. The van der Waals surface area contributed by atoms with Gasteiger partial charge >= 0.3 is 0 Å². The lowest BCUT2D eigenvalue weighted by molar-refractivity contribution is 0.0466. The minimum atomic E-state index is 0.598. The van der Waals surface area contributed by atoms with E-state index < -0.39 is 0 Å². The Morgan fingerprint density at radius 2 is 1.89 bits per heavy atom. The van der Waals surface area contributed by atoms with Crippen molar-refractivity contribution in [2.45, 2.75) is 69.9 Å². The summed E-state index contributed by atoms with van der Waals surface area (Å²) in [4.78, 5) is 7.19. The molecule has 3 aliphatic rings. The van der Waals surface area contributed by atoms with Gasteiger partial charge in [-0.3, -0.25) is 4.90 Å². The summed E-state index contributed by atoms with van der Waals surface area (Å²) >= 11 is 0. The van der Waals surface area contributed by atoms with Gasteiger partial charge in [0.25, 0.3) is 0 Å². The molecule has 0 radical (unpaired) electrons. The van der Waals surface area contributed by atoms with Crippen molar-refractivity contribution in [3.8, 4) is 0 Å². The second-order valence-electron chi connectivity index (χ2n) is 6.55. The number of piperidine rings is 1. The van der Waals surface area contributed by atoms with Crippen LogP contribution in [0.15, 0.2) is 4.52 Å². The van der Waals surface area contributed by atoms with Gasteiger partial charge in [0.05, 0.1) is 6.54 Å². The molecule has 2 atom stereocenters. The maximum absolute atomic E-state index is 5.45. The Kier molecular flexibility index (Phi) is 3.06. The lowest BCUT2D eigenvalue weighted by atomic mass is 9.78. The molecule has 3 fully saturated rings. The summed E-state index contributed by atoms with van der Waals surface area (Å²) in [6.45, 7) is 2.09. The first kappa shape index (κ1) is 11.9. The summed E-state index contributed by atoms with van der Waals surface area (Å²) in [5, 5.41) is 4.13. The molecule has 4 rings (SSSR count). The predicted octanol–water partition coefficient (Wildman–Crippen LogP) is 3.10. The SMILES string of the molecule is C1CC[C@@H]2[C@@H](C1)CCCN2Cc1nc(C2CC2)no1.